The molecule has 2 rings (SSSR count). The summed E-state index contributed by atoms with van der Waals surface area (Å²) in [5.74, 6) is 0.0714. The molecule has 0 fully saturated rings. The van der Waals surface area contributed by atoms with Crippen LogP contribution in [-0.4, -0.2) is 16.1 Å². The third-order valence-corrected chi connectivity index (χ3v) is 2.46. The fourth-order valence-corrected chi connectivity index (χ4v) is 1.49. The molecule has 0 saturated carbocycles. The maximum Gasteiger partial charge on any atom is 0.248 e. The van der Waals surface area contributed by atoms with Gasteiger partial charge in [0.05, 0.1) is 0 Å². The number of amides is 1. The second-order valence-corrected chi connectivity index (χ2v) is 3.96. The number of hydrogen-bond donors (Lipinski definition) is 3. The molecular weight excluding hydrogens is 242 g/mol. The Hall–Kier alpha value is -2.75. The van der Waals surface area contributed by atoms with E-state index in [1.807, 2.05) is 0 Å². The van der Waals surface area contributed by atoms with E-state index in [-0.39, 0.29) is 17.4 Å². The molecule has 96 valence electrons. The molecule has 0 heterocycles. The molecule has 0 aliphatic heterocycles. The molecule has 0 radical (unpaired) electrons. The number of phenols is 2. The van der Waals surface area contributed by atoms with Crippen LogP contribution in [0.15, 0.2) is 54.6 Å². The highest BCUT2D eigenvalue weighted by Gasteiger charge is 1.97. The molecule has 0 aliphatic carbocycles. The van der Waals surface area contributed by atoms with Gasteiger partial charge in [-0.15, -0.1) is 0 Å². The molecule has 2 aromatic rings. The first kappa shape index (κ1) is 12.7. The lowest BCUT2D eigenvalue weighted by Crippen LogP contribution is -2.07. The summed E-state index contributed by atoms with van der Waals surface area (Å²) in [6.07, 6.45) is 3.05. The first-order chi connectivity index (χ1) is 9.13. The molecule has 3 N–H and O–H groups in total. The molecule has 0 aromatic heterocycles. The normalized spacial score (nSPS) is 10.5. The van der Waals surface area contributed by atoms with Crippen LogP contribution in [0.5, 0.6) is 11.5 Å². The molecule has 0 saturated heterocycles. The second kappa shape index (κ2) is 5.73. The smallest absolute Gasteiger partial charge is 0.248 e. The summed E-state index contributed by atoms with van der Waals surface area (Å²) in [6.45, 7) is 0. The zero-order valence-corrected chi connectivity index (χ0v) is 10.1. The maximum absolute atomic E-state index is 11.6. The van der Waals surface area contributed by atoms with Crippen molar-refractivity contribution in [1.82, 2.24) is 0 Å². The highest BCUT2D eigenvalue weighted by molar-refractivity contribution is 6.01. The molecule has 19 heavy (non-hydrogen) atoms. The van der Waals surface area contributed by atoms with Gasteiger partial charge in [0, 0.05) is 11.8 Å². The Morgan fingerprint density at radius 1 is 0.895 bits per heavy atom. The Kier molecular flexibility index (Phi) is 3.83. The average molecular weight is 255 g/mol. The Morgan fingerprint density at radius 3 is 2.00 bits per heavy atom. The Labute approximate surface area is 110 Å². The molecular formula is C15H13NO3. The summed E-state index contributed by atoms with van der Waals surface area (Å²) in [7, 11) is 0. The van der Waals surface area contributed by atoms with Gasteiger partial charge in [-0.05, 0) is 48.0 Å². The highest BCUT2D eigenvalue weighted by Crippen LogP contribution is 2.14. The summed E-state index contributed by atoms with van der Waals surface area (Å²) >= 11 is 0. The number of carbonyl (C=O) groups excluding carboxylic acids is 1. The summed E-state index contributed by atoms with van der Waals surface area (Å²) < 4.78 is 0. The molecule has 0 spiro atoms. The van der Waals surface area contributed by atoms with E-state index in [2.05, 4.69) is 5.32 Å². The zero-order chi connectivity index (χ0) is 13.7. The van der Waals surface area contributed by atoms with Crippen molar-refractivity contribution in [2.24, 2.45) is 0 Å². The van der Waals surface area contributed by atoms with Crippen molar-refractivity contribution >= 4 is 17.7 Å². The first-order valence-corrected chi connectivity index (χ1v) is 5.70. The lowest BCUT2D eigenvalue weighted by molar-refractivity contribution is -0.111. The van der Waals surface area contributed by atoms with Crippen LogP contribution >= 0.6 is 0 Å². The van der Waals surface area contributed by atoms with Gasteiger partial charge in [0.2, 0.25) is 5.91 Å². The van der Waals surface area contributed by atoms with Crippen molar-refractivity contribution in [2.45, 2.75) is 0 Å². The zero-order valence-electron chi connectivity index (χ0n) is 10.1. The van der Waals surface area contributed by atoms with Gasteiger partial charge in [-0.3, -0.25) is 4.79 Å². The van der Waals surface area contributed by atoms with Crippen molar-refractivity contribution in [3.05, 3.63) is 60.2 Å². The third-order valence-electron chi connectivity index (χ3n) is 2.46. The van der Waals surface area contributed by atoms with Gasteiger partial charge in [-0.1, -0.05) is 12.1 Å². The molecule has 0 bridgehead atoms. The first-order valence-electron chi connectivity index (χ1n) is 5.70. The molecule has 1 amide bonds. The lowest BCUT2D eigenvalue weighted by atomic mass is 10.2. The van der Waals surface area contributed by atoms with Crippen LogP contribution in [0, 0.1) is 0 Å². The van der Waals surface area contributed by atoms with Gasteiger partial charge in [0.25, 0.3) is 0 Å². The van der Waals surface area contributed by atoms with Crippen LogP contribution in [0.2, 0.25) is 0 Å². The van der Waals surface area contributed by atoms with Gasteiger partial charge in [-0.25, -0.2) is 0 Å². The molecule has 2 aromatic carbocycles. The van der Waals surface area contributed by atoms with Gasteiger partial charge in [-0.2, -0.15) is 0 Å². The summed E-state index contributed by atoms with van der Waals surface area (Å²) in [5.41, 5.74) is 1.43. The van der Waals surface area contributed by atoms with Crippen molar-refractivity contribution in [2.75, 3.05) is 5.32 Å². The Bertz CT molecular complexity index is 586. The van der Waals surface area contributed by atoms with Gasteiger partial charge in [0.1, 0.15) is 11.5 Å². The second-order valence-electron chi connectivity index (χ2n) is 3.96. The van der Waals surface area contributed by atoms with E-state index in [1.54, 1.807) is 42.5 Å². The van der Waals surface area contributed by atoms with E-state index in [9.17, 15) is 4.79 Å². The number of carbonyl (C=O) groups is 1. The SMILES string of the molecule is O=C(C=Cc1ccc(O)cc1)Nc1ccc(O)cc1. The molecule has 0 unspecified atom stereocenters. The largest absolute Gasteiger partial charge is 0.508 e. The van der Waals surface area contributed by atoms with Crippen LogP contribution in [0.25, 0.3) is 6.08 Å². The summed E-state index contributed by atoms with van der Waals surface area (Å²) in [5, 5.41) is 20.9. The van der Waals surface area contributed by atoms with E-state index >= 15 is 0 Å². The minimum atomic E-state index is -0.265. The third kappa shape index (κ3) is 3.89. The van der Waals surface area contributed by atoms with Crippen molar-refractivity contribution in [1.29, 1.82) is 0 Å². The average Bonchev–Trinajstić information content (AvgIpc) is 2.41. The molecule has 4 heteroatoms. The molecule has 0 aliphatic rings. The van der Waals surface area contributed by atoms with Crippen molar-refractivity contribution in [3.63, 3.8) is 0 Å². The number of benzene rings is 2. The predicted octanol–water partition coefficient (Wildman–Crippen LogP) is 2.75. The number of hydrogen-bond acceptors (Lipinski definition) is 3. The standard InChI is InChI=1S/C15H13NO3/c17-13-6-1-11(2-7-13)3-10-15(19)16-12-4-8-14(18)9-5-12/h1-10,17-18H,(H,16,19). The van der Waals surface area contributed by atoms with Crippen molar-refractivity contribution < 1.29 is 15.0 Å². The highest BCUT2D eigenvalue weighted by atomic mass is 16.3. The molecule has 4 nitrogen and oxygen atoms in total. The Balaban J connectivity index is 1.97. The van der Waals surface area contributed by atoms with Crippen LogP contribution in [0.3, 0.4) is 0 Å². The minimum Gasteiger partial charge on any atom is -0.508 e. The topological polar surface area (TPSA) is 69.6 Å². The lowest BCUT2D eigenvalue weighted by Gasteiger charge is -2.01. The maximum atomic E-state index is 11.6. The number of rotatable bonds is 3. The number of nitrogens with one attached hydrogen (secondary N) is 1. The quantitative estimate of drug-likeness (QED) is 0.583. The van der Waals surface area contributed by atoms with E-state index in [4.69, 9.17) is 10.2 Å². The van der Waals surface area contributed by atoms with E-state index in [0.717, 1.165) is 5.56 Å². The van der Waals surface area contributed by atoms with E-state index in [1.165, 1.54) is 18.2 Å². The van der Waals surface area contributed by atoms with Crippen LogP contribution in [0.4, 0.5) is 5.69 Å². The van der Waals surface area contributed by atoms with E-state index in [0.29, 0.717) is 5.69 Å². The fraction of sp³-hybridized carbons (Fsp3) is 0. The van der Waals surface area contributed by atoms with Gasteiger partial charge in [0.15, 0.2) is 0 Å². The van der Waals surface area contributed by atoms with Crippen LogP contribution < -0.4 is 5.32 Å². The fourth-order valence-electron chi connectivity index (χ4n) is 1.49. The number of phenolic OH excluding ortho intramolecular Hbond substituents is 2. The number of aromatic hydroxyl groups is 2. The number of anilines is 1. The monoisotopic (exact) mass is 255 g/mol. The van der Waals surface area contributed by atoms with E-state index < -0.39 is 0 Å². The summed E-state index contributed by atoms with van der Waals surface area (Å²) in [4.78, 5) is 11.6. The minimum absolute atomic E-state index is 0.151. The van der Waals surface area contributed by atoms with Crippen LogP contribution in [0.1, 0.15) is 5.56 Å². The van der Waals surface area contributed by atoms with Gasteiger partial charge < -0.3 is 15.5 Å². The van der Waals surface area contributed by atoms with Crippen molar-refractivity contribution in [3.8, 4) is 11.5 Å². The molecule has 0 atom stereocenters. The predicted molar refractivity (Wildman–Crippen MR) is 73.9 cm³/mol. The van der Waals surface area contributed by atoms with Gasteiger partial charge >= 0.3 is 0 Å². The summed E-state index contributed by atoms with van der Waals surface area (Å²) in [6, 6.07) is 12.7. The Morgan fingerprint density at radius 2 is 1.42 bits per heavy atom. The van der Waals surface area contributed by atoms with Crippen LogP contribution in [-0.2, 0) is 4.79 Å².